The molecule has 3 saturated carbocycles. The van der Waals surface area contributed by atoms with E-state index in [9.17, 15) is 19.5 Å². The van der Waals surface area contributed by atoms with Gasteiger partial charge in [-0.1, -0.05) is 65.3 Å². The Kier molecular flexibility index (Phi) is 7.05. The number of Topliss-reactive ketones (excluding diaryl/α,β-unsaturated/α-hetero) is 1. The summed E-state index contributed by atoms with van der Waals surface area (Å²) in [6.45, 7) is 11.1. The summed E-state index contributed by atoms with van der Waals surface area (Å²) in [5, 5.41) is 11.9. The molecule has 1 unspecified atom stereocenters. The predicted molar refractivity (Wildman–Crippen MR) is 137 cm³/mol. The van der Waals surface area contributed by atoms with Crippen molar-refractivity contribution in [3.63, 3.8) is 0 Å². The lowest BCUT2D eigenvalue weighted by Gasteiger charge is -2.64. The highest BCUT2D eigenvalue weighted by molar-refractivity contribution is 6.26. The van der Waals surface area contributed by atoms with E-state index in [0.717, 1.165) is 12.8 Å². The van der Waals surface area contributed by atoms with Gasteiger partial charge in [0.05, 0.1) is 11.0 Å². The number of ketones is 1. The Morgan fingerprint density at radius 1 is 1.11 bits per heavy atom. The standard InChI is InChI=1S/C29H41ClO6/c1-7-24(33)35-16-23(32)29(36-25(34)8-2)18(4)14-21-20-10-9-19-13-17(3)11-12-26(19,5)28(20,30)22(31)15-27(21,29)6/h11-13,17-18,20-22,31H,7-10,14-16H2,1-6H3/t17?,18-,20-,21-,22-,26-,27-,28-,29-/m0/s1. The summed E-state index contributed by atoms with van der Waals surface area (Å²) in [5.74, 6) is -1.47. The van der Waals surface area contributed by atoms with Crippen LogP contribution in [0.5, 0.6) is 0 Å². The van der Waals surface area contributed by atoms with Crippen LogP contribution in [-0.4, -0.2) is 46.0 Å². The molecular formula is C29H41ClO6. The number of aliphatic hydroxyl groups excluding tert-OH is 1. The maximum absolute atomic E-state index is 13.9. The highest BCUT2D eigenvalue weighted by Crippen LogP contribution is 2.72. The Labute approximate surface area is 219 Å². The third-order valence-electron chi connectivity index (χ3n) is 10.1. The molecule has 0 radical (unpaired) electrons. The van der Waals surface area contributed by atoms with Crippen LogP contribution >= 0.6 is 11.6 Å². The predicted octanol–water partition coefficient (Wildman–Crippen LogP) is 5.15. The monoisotopic (exact) mass is 520 g/mol. The molecule has 0 aromatic rings. The smallest absolute Gasteiger partial charge is 0.306 e. The second-order valence-electron chi connectivity index (χ2n) is 11.9. The second-order valence-corrected chi connectivity index (χ2v) is 12.5. The SMILES string of the molecule is CCC(=O)OCC(=O)[C@@]1(OC(=O)CC)[C@@H](C)C[C@H]2[C@@H]3CCC4=CC(C)C=C[C@]4(C)[C@@]3(Cl)[C@@H](O)C[C@@]21C. The first kappa shape index (κ1) is 27.4. The summed E-state index contributed by atoms with van der Waals surface area (Å²) in [4.78, 5) is 37.6. The largest absolute Gasteiger partial charge is 0.457 e. The van der Waals surface area contributed by atoms with Gasteiger partial charge in [-0.2, -0.15) is 0 Å². The van der Waals surface area contributed by atoms with Crippen molar-refractivity contribution >= 4 is 29.3 Å². The number of hydrogen-bond donors (Lipinski definition) is 1. The van der Waals surface area contributed by atoms with Crippen LogP contribution in [0.2, 0.25) is 0 Å². The van der Waals surface area contributed by atoms with Gasteiger partial charge in [0.1, 0.15) is 0 Å². The number of carbonyl (C=O) groups is 3. The van der Waals surface area contributed by atoms with Crippen molar-refractivity contribution in [2.24, 2.45) is 34.5 Å². The van der Waals surface area contributed by atoms with Crippen LogP contribution in [0.25, 0.3) is 0 Å². The van der Waals surface area contributed by atoms with Gasteiger partial charge in [-0.25, -0.2) is 0 Å². The van der Waals surface area contributed by atoms with Crippen LogP contribution in [0.4, 0.5) is 0 Å². The number of halogens is 1. The van der Waals surface area contributed by atoms with Gasteiger partial charge in [-0.05, 0) is 43.4 Å². The van der Waals surface area contributed by atoms with Crippen molar-refractivity contribution in [3.8, 4) is 0 Å². The first-order chi connectivity index (χ1) is 16.8. The maximum atomic E-state index is 13.9. The van der Waals surface area contributed by atoms with Crippen LogP contribution in [0, 0.1) is 34.5 Å². The molecule has 0 saturated heterocycles. The molecular weight excluding hydrogens is 480 g/mol. The van der Waals surface area contributed by atoms with Gasteiger partial charge < -0.3 is 14.6 Å². The number of carbonyl (C=O) groups excluding carboxylic acids is 3. The quantitative estimate of drug-likeness (QED) is 0.296. The van der Waals surface area contributed by atoms with E-state index >= 15 is 0 Å². The molecule has 0 spiro atoms. The fourth-order valence-electron chi connectivity index (χ4n) is 8.29. The molecule has 0 aliphatic heterocycles. The van der Waals surface area contributed by atoms with Crippen molar-refractivity contribution < 1.29 is 29.0 Å². The summed E-state index contributed by atoms with van der Waals surface area (Å²) >= 11 is 7.59. The molecule has 0 heterocycles. The minimum Gasteiger partial charge on any atom is -0.457 e. The van der Waals surface area contributed by atoms with Crippen LogP contribution in [-0.2, 0) is 23.9 Å². The normalized spacial score (nSPS) is 45.1. The zero-order chi connectivity index (χ0) is 26.7. The van der Waals surface area contributed by atoms with Crippen molar-refractivity contribution in [1.29, 1.82) is 0 Å². The van der Waals surface area contributed by atoms with E-state index in [4.69, 9.17) is 21.1 Å². The fraction of sp³-hybridized carbons (Fsp3) is 0.759. The summed E-state index contributed by atoms with van der Waals surface area (Å²) in [6.07, 6.45) is 8.50. The summed E-state index contributed by atoms with van der Waals surface area (Å²) in [6, 6.07) is 0. The number of hydrogen-bond acceptors (Lipinski definition) is 6. The first-order valence-electron chi connectivity index (χ1n) is 13.5. The minimum atomic E-state index is -1.49. The van der Waals surface area contributed by atoms with E-state index in [0.29, 0.717) is 12.3 Å². The average molecular weight is 521 g/mol. The van der Waals surface area contributed by atoms with E-state index in [1.165, 1.54) is 5.57 Å². The number of ether oxygens (including phenoxy) is 2. The van der Waals surface area contributed by atoms with Crippen LogP contribution < -0.4 is 0 Å². The second kappa shape index (κ2) is 9.27. The molecule has 9 atom stereocenters. The van der Waals surface area contributed by atoms with E-state index in [-0.39, 0.29) is 37.0 Å². The molecule has 0 aromatic heterocycles. The van der Waals surface area contributed by atoms with Gasteiger partial charge in [0.2, 0.25) is 5.78 Å². The van der Waals surface area contributed by atoms with E-state index in [1.807, 2.05) is 13.8 Å². The Bertz CT molecular complexity index is 1000. The van der Waals surface area contributed by atoms with Gasteiger partial charge >= 0.3 is 11.9 Å². The fourth-order valence-corrected chi connectivity index (χ4v) is 8.81. The topological polar surface area (TPSA) is 89.9 Å². The van der Waals surface area contributed by atoms with Crippen LogP contribution in [0.3, 0.4) is 0 Å². The Balaban J connectivity index is 1.79. The molecule has 7 heteroatoms. The molecule has 0 aromatic carbocycles. The lowest BCUT2D eigenvalue weighted by Crippen LogP contribution is -2.69. The number of allylic oxidation sites excluding steroid dienone is 4. The Hall–Kier alpha value is -1.66. The van der Waals surface area contributed by atoms with Gasteiger partial charge in [0, 0.05) is 29.6 Å². The van der Waals surface area contributed by atoms with Crippen molar-refractivity contribution in [2.75, 3.05) is 6.61 Å². The minimum absolute atomic E-state index is 0.0463. The number of esters is 2. The molecule has 0 bridgehead atoms. The third kappa shape index (κ3) is 3.57. The van der Waals surface area contributed by atoms with E-state index in [1.54, 1.807) is 13.8 Å². The van der Waals surface area contributed by atoms with Crippen molar-refractivity contribution in [2.45, 2.75) is 96.6 Å². The molecule has 0 amide bonds. The lowest BCUT2D eigenvalue weighted by molar-refractivity contribution is -0.203. The molecule has 36 heavy (non-hydrogen) atoms. The molecule has 200 valence electrons. The molecule has 4 aliphatic carbocycles. The number of alkyl halides is 1. The Morgan fingerprint density at radius 2 is 1.78 bits per heavy atom. The van der Waals surface area contributed by atoms with Gasteiger partial charge in [-0.3, -0.25) is 14.4 Å². The number of rotatable bonds is 6. The average Bonchev–Trinajstić information content (AvgIpc) is 3.05. The number of aliphatic hydroxyl groups is 1. The Morgan fingerprint density at radius 3 is 2.42 bits per heavy atom. The lowest BCUT2D eigenvalue weighted by atomic mass is 9.45. The van der Waals surface area contributed by atoms with Gasteiger partial charge in [-0.15, -0.1) is 11.6 Å². The molecule has 6 nitrogen and oxygen atoms in total. The van der Waals surface area contributed by atoms with Gasteiger partial charge in [0.25, 0.3) is 0 Å². The molecule has 1 N–H and O–H groups in total. The summed E-state index contributed by atoms with van der Waals surface area (Å²) < 4.78 is 11.4. The highest BCUT2D eigenvalue weighted by atomic mass is 35.5. The highest BCUT2D eigenvalue weighted by Gasteiger charge is 2.76. The van der Waals surface area contributed by atoms with Crippen LogP contribution in [0.1, 0.15) is 80.1 Å². The molecule has 3 fully saturated rings. The molecule has 4 aliphatic rings. The first-order valence-corrected chi connectivity index (χ1v) is 13.9. The number of fused-ring (bicyclic) bond motifs is 5. The zero-order valence-corrected chi connectivity index (χ0v) is 23.2. The van der Waals surface area contributed by atoms with Gasteiger partial charge in [0.15, 0.2) is 12.2 Å². The zero-order valence-electron chi connectivity index (χ0n) is 22.4. The summed E-state index contributed by atoms with van der Waals surface area (Å²) in [5.41, 5.74) is -1.58. The van der Waals surface area contributed by atoms with E-state index in [2.05, 4.69) is 32.1 Å². The summed E-state index contributed by atoms with van der Waals surface area (Å²) in [7, 11) is 0. The third-order valence-corrected chi connectivity index (χ3v) is 11.0. The van der Waals surface area contributed by atoms with Crippen molar-refractivity contribution in [1.82, 2.24) is 0 Å². The maximum Gasteiger partial charge on any atom is 0.306 e. The molecule has 4 rings (SSSR count). The van der Waals surface area contributed by atoms with Crippen molar-refractivity contribution in [3.05, 3.63) is 23.8 Å². The van der Waals surface area contributed by atoms with E-state index < -0.39 is 51.7 Å². The van der Waals surface area contributed by atoms with Crippen LogP contribution in [0.15, 0.2) is 23.8 Å².